The zero-order chi connectivity index (χ0) is 13.4. The predicted octanol–water partition coefficient (Wildman–Crippen LogP) is 0.662. The second-order valence-corrected chi connectivity index (χ2v) is 6.46. The largest absolute Gasteiger partial charge is 0.398 e. The van der Waals surface area contributed by atoms with Gasteiger partial charge in [0.25, 0.3) is 0 Å². The third-order valence-electron chi connectivity index (χ3n) is 2.05. The van der Waals surface area contributed by atoms with Crippen molar-refractivity contribution in [3.05, 3.63) is 11.4 Å². The Hall–Kier alpha value is -0.670. The number of nitrogen functional groups attached to an aromatic ring is 1. The summed E-state index contributed by atoms with van der Waals surface area (Å²) in [5.41, 5.74) is 5.95. The zero-order valence-electron chi connectivity index (χ0n) is 10.2. The molecule has 0 saturated heterocycles. The number of hydrogen-bond donors (Lipinski definition) is 2. The molecule has 1 aromatic heterocycles. The number of sulfonamides is 1. The van der Waals surface area contributed by atoms with Gasteiger partial charge in [-0.05, 0) is 12.5 Å². The number of thiophene rings is 1. The highest BCUT2D eigenvalue weighted by atomic mass is 32.2. The van der Waals surface area contributed by atoms with E-state index >= 15 is 0 Å². The molecule has 3 N–H and O–H groups in total. The van der Waals surface area contributed by atoms with Crippen LogP contribution in [0.5, 0.6) is 0 Å². The van der Waals surface area contributed by atoms with Gasteiger partial charge in [0.1, 0.15) is 4.21 Å². The summed E-state index contributed by atoms with van der Waals surface area (Å²) in [6.07, 6.45) is 0.615. The summed E-state index contributed by atoms with van der Waals surface area (Å²) in [4.78, 5) is 0. The average molecular weight is 294 g/mol. The van der Waals surface area contributed by atoms with Crippen molar-refractivity contribution in [1.29, 1.82) is 0 Å². The van der Waals surface area contributed by atoms with Gasteiger partial charge in [-0.3, -0.25) is 0 Å². The van der Waals surface area contributed by atoms with Gasteiger partial charge >= 0.3 is 0 Å². The second kappa shape index (κ2) is 7.70. The first-order valence-corrected chi connectivity index (χ1v) is 7.83. The van der Waals surface area contributed by atoms with Crippen molar-refractivity contribution < 1.29 is 17.9 Å². The lowest BCUT2D eigenvalue weighted by Gasteiger charge is -2.05. The number of hydrogen-bond acceptors (Lipinski definition) is 6. The standard InChI is InChI=1S/C10H18N2O4S2/c1-15-5-6-16-4-2-3-12-18(13,14)10-7-9(11)8-17-10/h7-8,12H,2-6,11H2,1H3. The topological polar surface area (TPSA) is 90.6 Å². The molecular weight excluding hydrogens is 276 g/mol. The Morgan fingerprint density at radius 3 is 2.78 bits per heavy atom. The minimum atomic E-state index is -3.43. The highest BCUT2D eigenvalue weighted by Gasteiger charge is 2.15. The van der Waals surface area contributed by atoms with Crippen molar-refractivity contribution in [3.63, 3.8) is 0 Å². The van der Waals surface area contributed by atoms with E-state index in [1.165, 1.54) is 6.07 Å². The fourth-order valence-corrected chi connectivity index (χ4v) is 3.37. The SMILES string of the molecule is COCCOCCCNS(=O)(=O)c1cc(N)cs1. The van der Waals surface area contributed by atoms with E-state index in [1.54, 1.807) is 12.5 Å². The molecule has 0 fully saturated rings. The van der Waals surface area contributed by atoms with Crippen LogP contribution in [0.3, 0.4) is 0 Å². The van der Waals surface area contributed by atoms with Crippen LogP contribution in [0.4, 0.5) is 5.69 Å². The summed E-state index contributed by atoms with van der Waals surface area (Å²) in [5, 5.41) is 1.60. The molecule has 1 aromatic rings. The lowest BCUT2D eigenvalue weighted by Crippen LogP contribution is -2.25. The van der Waals surface area contributed by atoms with E-state index in [0.717, 1.165) is 11.3 Å². The molecule has 0 aliphatic carbocycles. The molecule has 0 bridgehead atoms. The Labute approximate surface area is 111 Å². The summed E-state index contributed by atoms with van der Waals surface area (Å²) in [6, 6.07) is 1.45. The van der Waals surface area contributed by atoms with E-state index in [9.17, 15) is 8.42 Å². The smallest absolute Gasteiger partial charge is 0.250 e. The monoisotopic (exact) mass is 294 g/mol. The number of rotatable bonds is 9. The minimum Gasteiger partial charge on any atom is -0.398 e. The summed E-state index contributed by atoms with van der Waals surface area (Å²) >= 11 is 1.11. The highest BCUT2D eigenvalue weighted by molar-refractivity contribution is 7.91. The lowest BCUT2D eigenvalue weighted by atomic mass is 10.5. The molecule has 0 unspecified atom stereocenters. The first-order valence-electron chi connectivity index (χ1n) is 5.46. The van der Waals surface area contributed by atoms with Crippen LogP contribution in [0.15, 0.2) is 15.7 Å². The van der Waals surface area contributed by atoms with E-state index in [4.69, 9.17) is 15.2 Å². The van der Waals surface area contributed by atoms with Gasteiger partial charge in [-0.2, -0.15) is 0 Å². The molecule has 1 rings (SSSR count). The van der Waals surface area contributed by atoms with Crippen molar-refractivity contribution in [2.75, 3.05) is 39.2 Å². The van der Waals surface area contributed by atoms with Gasteiger partial charge in [-0.1, -0.05) is 0 Å². The van der Waals surface area contributed by atoms with E-state index in [2.05, 4.69) is 4.72 Å². The third kappa shape index (κ3) is 5.32. The fraction of sp³-hybridized carbons (Fsp3) is 0.600. The maximum absolute atomic E-state index is 11.8. The molecule has 0 spiro atoms. The molecule has 1 heterocycles. The van der Waals surface area contributed by atoms with Crippen molar-refractivity contribution in [3.8, 4) is 0 Å². The first kappa shape index (κ1) is 15.4. The highest BCUT2D eigenvalue weighted by Crippen LogP contribution is 2.21. The van der Waals surface area contributed by atoms with Crippen molar-refractivity contribution in [2.24, 2.45) is 0 Å². The number of ether oxygens (including phenoxy) is 2. The third-order valence-corrected chi connectivity index (χ3v) is 4.97. The summed E-state index contributed by atoms with van der Waals surface area (Å²) in [5.74, 6) is 0. The normalized spacial score (nSPS) is 11.8. The summed E-state index contributed by atoms with van der Waals surface area (Å²) < 4.78 is 36.3. The van der Waals surface area contributed by atoms with Crippen LogP contribution in [0, 0.1) is 0 Å². The van der Waals surface area contributed by atoms with Crippen molar-refractivity contribution in [1.82, 2.24) is 4.72 Å². The first-order chi connectivity index (χ1) is 8.56. The molecule has 0 aliphatic rings. The van der Waals surface area contributed by atoms with Gasteiger partial charge in [0.05, 0.1) is 13.2 Å². The Bertz CT molecular complexity index is 444. The molecule has 104 valence electrons. The molecule has 0 amide bonds. The Kier molecular flexibility index (Phi) is 6.58. The van der Waals surface area contributed by atoms with Gasteiger partial charge in [-0.25, -0.2) is 13.1 Å². The molecule has 0 radical (unpaired) electrons. The second-order valence-electron chi connectivity index (χ2n) is 3.56. The zero-order valence-corrected chi connectivity index (χ0v) is 11.9. The molecule has 18 heavy (non-hydrogen) atoms. The summed E-state index contributed by atoms with van der Waals surface area (Å²) in [7, 11) is -1.83. The van der Waals surface area contributed by atoms with Gasteiger partial charge in [0.2, 0.25) is 10.0 Å². The average Bonchev–Trinajstić information content (AvgIpc) is 2.75. The molecule has 0 aliphatic heterocycles. The molecule has 0 atom stereocenters. The van der Waals surface area contributed by atoms with Crippen LogP contribution in [-0.2, 0) is 19.5 Å². The molecule has 0 saturated carbocycles. The molecule has 0 aromatic carbocycles. The van der Waals surface area contributed by atoms with Gasteiger partial charge in [-0.15, -0.1) is 11.3 Å². The Morgan fingerprint density at radius 1 is 1.39 bits per heavy atom. The number of nitrogens with two attached hydrogens (primary N) is 1. The van der Waals surface area contributed by atoms with Crippen LogP contribution in [0.2, 0.25) is 0 Å². The van der Waals surface area contributed by atoms with Gasteiger partial charge in [0, 0.05) is 31.3 Å². The lowest BCUT2D eigenvalue weighted by molar-refractivity contribution is 0.0699. The van der Waals surface area contributed by atoms with E-state index < -0.39 is 10.0 Å². The predicted molar refractivity (Wildman–Crippen MR) is 71.2 cm³/mol. The van der Waals surface area contributed by atoms with Crippen LogP contribution >= 0.6 is 11.3 Å². The maximum Gasteiger partial charge on any atom is 0.250 e. The number of anilines is 1. The van der Waals surface area contributed by atoms with E-state index in [0.29, 0.717) is 38.5 Å². The van der Waals surface area contributed by atoms with E-state index in [-0.39, 0.29) is 4.21 Å². The molecule has 8 heteroatoms. The van der Waals surface area contributed by atoms with Gasteiger partial charge in [0.15, 0.2) is 0 Å². The maximum atomic E-state index is 11.8. The van der Waals surface area contributed by atoms with Crippen LogP contribution in [0.1, 0.15) is 6.42 Å². The number of methoxy groups -OCH3 is 1. The van der Waals surface area contributed by atoms with Crippen LogP contribution < -0.4 is 10.5 Å². The van der Waals surface area contributed by atoms with Crippen LogP contribution in [-0.4, -0.2) is 41.9 Å². The quantitative estimate of drug-likeness (QED) is 0.653. The van der Waals surface area contributed by atoms with Crippen molar-refractivity contribution in [2.45, 2.75) is 10.6 Å². The Balaban J connectivity index is 2.22. The van der Waals surface area contributed by atoms with E-state index in [1.807, 2.05) is 0 Å². The molecular formula is C10H18N2O4S2. The van der Waals surface area contributed by atoms with Crippen LogP contribution in [0.25, 0.3) is 0 Å². The minimum absolute atomic E-state index is 0.236. The Morgan fingerprint density at radius 2 is 2.17 bits per heavy atom. The fourth-order valence-electron chi connectivity index (χ4n) is 1.17. The number of nitrogens with one attached hydrogen (secondary N) is 1. The van der Waals surface area contributed by atoms with Gasteiger partial charge < -0.3 is 15.2 Å². The molecule has 6 nitrogen and oxygen atoms in total. The van der Waals surface area contributed by atoms with Crippen molar-refractivity contribution >= 4 is 27.0 Å². The summed E-state index contributed by atoms with van der Waals surface area (Å²) in [6.45, 7) is 1.90.